The maximum absolute atomic E-state index is 9.27. The van der Waals surface area contributed by atoms with Crippen LogP contribution in [0.5, 0.6) is 0 Å². The topological polar surface area (TPSA) is 48.7 Å². The Morgan fingerprint density at radius 2 is 2.33 bits per heavy atom. The van der Waals surface area contributed by atoms with Gasteiger partial charge in [-0.05, 0) is 25.9 Å². The minimum Gasteiger partial charge on any atom is -0.317 e. The minimum atomic E-state index is -0.233. The third-order valence-electron chi connectivity index (χ3n) is 2.84. The highest BCUT2D eigenvalue weighted by atomic mass is 35.5. The highest BCUT2D eigenvalue weighted by Gasteiger charge is 2.32. The van der Waals surface area contributed by atoms with Crippen molar-refractivity contribution < 1.29 is 0 Å². The van der Waals surface area contributed by atoms with Gasteiger partial charge in [-0.1, -0.05) is 11.6 Å². The van der Waals surface area contributed by atoms with Crippen molar-refractivity contribution >= 4 is 22.9 Å². The Hall–Kier alpha value is -0.630. The first-order chi connectivity index (χ1) is 7.24. The van der Waals surface area contributed by atoms with Crippen molar-refractivity contribution in [1.29, 1.82) is 5.26 Å². The Morgan fingerprint density at radius 3 is 2.87 bits per heavy atom. The molecule has 0 atom stereocenters. The van der Waals surface area contributed by atoms with Crippen molar-refractivity contribution in [3.63, 3.8) is 0 Å². The lowest BCUT2D eigenvalue weighted by molar-refractivity contribution is 0.278. The van der Waals surface area contributed by atoms with Crippen molar-refractivity contribution in [3.8, 4) is 6.07 Å². The first kappa shape index (κ1) is 10.9. The maximum Gasteiger partial charge on any atom is 0.183 e. The van der Waals surface area contributed by atoms with Crippen molar-refractivity contribution in [3.05, 3.63) is 15.5 Å². The number of hydrogen-bond donors (Lipinski definition) is 1. The summed E-state index contributed by atoms with van der Waals surface area (Å²) in [4.78, 5) is 4.21. The van der Waals surface area contributed by atoms with Gasteiger partial charge >= 0.3 is 0 Å². The molecule has 2 rings (SSSR count). The van der Waals surface area contributed by atoms with E-state index in [1.807, 2.05) is 5.38 Å². The fraction of sp³-hybridized carbons (Fsp3) is 0.600. The van der Waals surface area contributed by atoms with E-state index in [4.69, 9.17) is 11.6 Å². The van der Waals surface area contributed by atoms with E-state index in [1.165, 1.54) is 11.3 Å². The van der Waals surface area contributed by atoms with Gasteiger partial charge in [-0.2, -0.15) is 5.26 Å². The molecule has 0 bridgehead atoms. The summed E-state index contributed by atoms with van der Waals surface area (Å²) >= 11 is 7.21. The van der Waals surface area contributed by atoms with Crippen LogP contribution in [0.3, 0.4) is 0 Å². The zero-order chi connectivity index (χ0) is 10.7. The third kappa shape index (κ3) is 2.49. The number of nitriles is 1. The van der Waals surface area contributed by atoms with Crippen LogP contribution in [0.2, 0.25) is 4.47 Å². The molecular formula is C10H12ClN3S. The van der Waals surface area contributed by atoms with Crippen LogP contribution in [0.25, 0.3) is 0 Å². The standard InChI is InChI=1S/C10H12ClN3S/c11-9-14-8(6-15-9)5-10(7-12)1-3-13-4-2-10/h6,13H,1-5H2. The molecule has 1 fully saturated rings. The molecule has 80 valence electrons. The number of nitrogens with zero attached hydrogens (tertiary/aromatic N) is 2. The molecule has 0 amide bonds. The van der Waals surface area contributed by atoms with E-state index < -0.39 is 0 Å². The van der Waals surface area contributed by atoms with Gasteiger partial charge in [0.2, 0.25) is 0 Å². The van der Waals surface area contributed by atoms with Crippen molar-refractivity contribution in [2.45, 2.75) is 19.3 Å². The molecule has 1 aliphatic rings. The molecule has 0 radical (unpaired) electrons. The first-order valence-corrected chi connectivity index (χ1v) is 6.22. The summed E-state index contributed by atoms with van der Waals surface area (Å²) in [5, 5.41) is 14.5. The lowest BCUT2D eigenvalue weighted by atomic mass is 9.77. The molecule has 15 heavy (non-hydrogen) atoms. The molecule has 3 nitrogen and oxygen atoms in total. The fourth-order valence-corrected chi connectivity index (χ4v) is 2.73. The normalized spacial score (nSPS) is 19.7. The maximum atomic E-state index is 9.27. The molecule has 0 unspecified atom stereocenters. The third-order valence-corrected chi connectivity index (χ3v) is 3.87. The Balaban J connectivity index is 2.11. The predicted molar refractivity (Wildman–Crippen MR) is 61.0 cm³/mol. The average Bonchev–Trinajstić information content (AvgIpc) is 2.65. The van der Waals surface area contributed by atoms with Crippen molar-refractivity contribution in [2.75, 3.05) is 13.1 Å². The van der Waals surface area contributed by atoms with Gasteiger partial charge in [0.05, 0.1) is 17.2 Å². The van der Waals surface area contributed by atoms with Gasteiger partial charge in [0.1, 0.15) is 0 Å². The van der Waals surface area contributed by atoms with E-state index in [0.717, 1.165) is 38.0 Å². The number of piperidine rings is 1. The largest absolute Gasteiger partial charge is 0.317 e. The van der Waals surface area contributed by atoms with Crippen LogP contribution in [0.15, 0.2) is 5.38 Å². The molecule has 0 aromatic carbocycles. The molecule has 1 N–H and O–H groups in total. The minimum absolute atomic E-state index is 0.233. The Morgan fingerprint density at radius 1 is 1.60 bits per heavy atom. The van der Waals surface area contributed by atoms with E-state index in [2.05, 4.69) is 16.4 Å². The van der Waals surface area contributed by atoms with Gasteiger partial charge in [-0.25, -0.2) is 4.98 Å². The molecule has 0 spiro atoms. The zero-order valence-corrected chi connectivity index (χ0v) is 9.87. The van der Waals surface area contributed by atoms with Gasteiger partial charge in [0.15, 0.2) is 4.47 Å². The van der Waals surface area contributed by atoms with Crippen molar-refractivity contribution in [1.82, 2.24) is 10.3 Å². The van der Waals surface area contributed by atoms with Crippen LogP contribution in [-0.4, -0.2) is 18.1 Å². The Labute approximate surface area is 98.1 Å². The van der Waals surface area contributed by atoms with Crippen LogP contribution in [0.1, 0.15) is 18.5 Å². The highest BCUT2D eigenvalue weighted by molar-refractivity contribution is 7.13. The van der Waals surface area contributed by atoms with Crippen LogP contribution in [0.4, 0.5) is 0 Å². The Kier molecular flexibility index (Phi) is 3.25. The van der Waals surface area contributed by atoms with Crippen LogP contribution in [-0.2, 0) is 6.42 Å². The van der Waals surface area contributed by atoms with Crippen LogP contribution in [0, 0.1) is 16.7 Å². The van der Waals surface area contributed by atoms with E-state index in [9.17, 15) is 5.26 Å². The Bertz CT molecular complexity index is 376. The molecule has 2 heterocycles. The molecule has 0 saturated carbocycles. The molecule has 5 heteroatoms. The smallest absolute Gasteiger partial charge is 0.183 e. The van der Waals surface area contributed by atoms with Gasteiger partial charge < -0.3 is 5.32 Å². The quantitative estimate of drug-likeness (QED) is 0.864. The van der Waals surface area contributed by atoms with E-state index in [-0.39, 0.29) is 5.41 Å². The van der Waals surface area contributed by atoms with E-state index >= 15 is 0 Å². The summed E-state index contributed by atoms with van der Waals surface area (Å²) in [6.45, 7) is 1.84. The first-order valence-electron chi connectivity index (χ1n) is 4.96. The number of hydrogen-bond acceptors (Lipinski definition) is 4. The molecule has 0 aliphatic carbocycles. The number of thiazole rings is 1. The number of rotatable bonds is 2. The van der Waals surface area contributed by atoms with Gasteiger partial charge in [-0.3, -0.25) is 0 Å². The number of halogens is 1. The van der Waals surface area contributed by atoms with Crippen molar-refractivity contribution in [2.24, 2.45) is 5.41 Å². The van der Waals surface area contributed by atoms with Crippen LogP contribution < -0.4 is 5.32 Å². The molecule has 1 aromatic rings. The summed E-state index contributed by atoms with van der Waals surface area (Å²) in [5.41, 5.74) is 0.719. The summed E-state index contributed by atoms with van der Waals surface area (Å²) in [6, 6.07) is 2.46. The second kappa shape index (κ2) is 4.48. The molecule has 1 saturated heterocycles. The lowest BCUT2D eigenvalue weighted by Gasteiger charge is -2.30. The molecular weight excluding hydrogens is 230 g/mol. The van der Waals surface area contributed by atoms with Crippen LogP contribution >= 0.6 is 22.9 Å². The van der Waals surface area contributed by atoms with E-state index in [1.54, 1.807) is 0 Å². The average molecular weight is 242 g/mol. The molecule has 1 aromatic heterocycles. The number of aromatic nitrogens is 1. The predicted octanol–water partition coefficient (Wildman–Crippen LogP) is 2.23. The highest BCUT2D eigenvalue weighted by Crippen LogP contribution is 2.32. The lowest BCUT2D eigenvalue weighted by Crippen LogP contribution is -2.37. The second-order valence-electron chi connectivity index (χ2n) is 3.91. The van der Waals surface area contributed by atoms with Gasteiger partial charge in [0.25, 0.3) is 0 Å². The van der Waals surface area contributed by atoms with E-state index in [0.29, 0.717) is 4.47 Å². The summed E-state index contributed by atoms with van der Waals surface area (Å²) in [7, 11) is 0. The SMILES string of the molecule is N#CC1(Cc2csc(Cl)n2)CCNCC1. The van der Waals surface area contributed by atoms with Gasteiger partial charge in [0, 0.05) is 11.8 Å². The zero-order valence-electron chi connectivity index (χ0n) is 8.29. The fourth-order valence-electron chi connectivity index (χ4n) is 1.94. The second-order valence-corrected chi connectivity index (χ2v) is 5.35. The summed E-state index contributed by atoms with van der Waals surface area (Å²) in [6.07, 6.45) is 2.53. The molecule has 1 aliphatic heterocycles. The summed E-state index contributed by atoms with van der Waals surface area (Å²) < 4.78 is 0.562. The van der Waals surface area contributed by atoms with Gasteiger partial charge in [-0.15, -0.1) is 11.3 Å². The summed E-state index contributed by atoms with van der Waals surface area (Å²) in [5.74, 6) is 0. The number of nitrogens with one attached hydrogen (secondary N) is 1. The monoisotopic (exact) mass is 241 g/mol.